The lowest BCUT2D eigenvalue weighted by atomic mass is 9.80. The van der Waals surface area contributed by atoms with E-state index in [0.29, 0.717) is 5.92 Å². The summed E-state index contributed by atoms with van der Waals surface area (Å²) in [7, 11) is 0. The van der Waals surface area contributed by atoms with Gasteiger partial charge in [0, 0.05) is 42.5 Å². The van der Waals surface area contributed by atoms with E-state index < -0.39 is 0 Å². The van der Waals surface area contributed by atoms with E-state index in [4.69, 9.17) is 0 Å². The summed E-state index contributed by atoms with van der Waals surface area (Å²) in [6.07, 6.45) is 7.43. The zero-order chi connectivity index (χ0) is 13.1. The second kappa shape index (κ2) is 5.36. The molecule has 0 saturated heterocycles. The lowest BCUT2D eigenvalue weighted by Crippen LogP contribution is -2.27. The van der Waals surface area contributed by atoms with Crippen molar-refractivity contribution in [2.45, 2.75) is 31.3 Å². The van der Waals surface area contributed by atoms with Crippen molar-refractivity contribution in [3.63, 3.8) is 0 Å². The molecule has 100 valence electrons. The van der Waals surface area contributed by atoms with Crippen LogP contribution in [-0.4, -0.2) is 37.7 Å². The van der Waals surface area contributed by atoms with Crippen LogP contribution in [0.1, 0.15) is 30.1 Å². The van der Waals surface area contributed by atoms with Gasteiger partial charge in [0.25, 0.3) is 0 Å². The van der Waals surface area contributed by atoms with Crippen molar-refractivity contribution in [3.8, 4) is 0 Å². The van der Waals surface area contributed by atoms with Gasteiger partial charge in [-0.3, -0.25) is 0 Å². The van der Waals surface area contributed by atoms with Crippen molar-refractivity contribution >= 4 is 5.82 Å². The molecule has 0 unspecified atom stereocenters. The lowest BCUT2D eigenvalue weighted by molar-refractivity contribution is 0.0732. The van der Waals surface area contributed by atoms with Crippen LogP contribution in [0.5, 0.6) is 0 Å². The number of nitrogens with zero attached hydrogens (tertiary/aromatic N) is 3. The molecule has 0 spiro atoms. The van der Waals surface area contributed by atoms with E-state index in [0.717, 1.165) is 43.0 Å². The first-order valence-corrected chi connectivity index (χ1v) is 6.52. The molecule has 3 rings (SSSR count). The number of aliphatic hydroxyl groups is 1. The molecule has 0 aromatic carbocycles. The highest BCUT2D eigenvalue weighted by Crippen LogP contribution is 2.35. The number of anilines is 1. The van der Waals surface area contributed by atoms with Crippen LogP contribution in [0.15, 0.2) is 24.9 Å². The second-order valence-electron chi connectivity index (χ2n) is 4.90. The fourth-order valence-electron chi connectivity index (χ4n) is 2.27. The fraction of sp³-hybridized carbons (Fsp3) is 0.462. The van der Waals surface area contributed by atoms with Crippen molar-refractivity contribution in [2.75, 3.05) is 11.9 Å². The highest BCUT2D eigenvalue weighted by atomic mass is 16.3. The Labute approximate surface area is 111 Å². The van der Waals surface area contributed by atoms with Crippen LogP contribution in [0, 0.1) is 0 Å². The Kier molecular flexibility index (Phi) is 3.41. The summed E-state index contributed by atoms with van der Waals surface area (Å²) in [5.41, 5.74) is 2.12. The van der Waals surface area contributed by atoms with E-state index in [1.54, 1.807) is 12.7 Å². The maximum Gasteiger partial charge on any atom is 0.129 e. The standard InChI is InChI=1S/C13H17N5O/c19-11-3-9(4-11)12-5-13(18-8-17-12)15-2-1-10-6-14-7-16-10/h5-9,11,19H,1-4H2,(H,14,16)(H,15,17,18). The molecule has 0 radical (unpaired) electrons. The molecule has 2 aromatic heterocycles. The molecule has 0 atom stereocenters. The Hall–Kier alpha value is -1.95. The zero-order valence-electron chi connectivity index (χ0n) is 10.6. The van der Waals surface area contributed by atoms with Gasteiger partial charge in [-0.15, -0.1) is 0 Å². The minimum absolute atomic E-state index is 0.156. The molecular weight excluding hydrogens is 242 g/mol. The number of imidazole rings is 1. The van der Waals surface area contributed by atoms with Gasteiger partial charge in [0.05, 0.1) is 12.4 Å². The summed E-state index contributed by atoms with van der Waals surface area (Å²) in [6, 6.07) is 1.98. The summed E-state index contributed by atoms with van der Waals surface area (Å²) in [5, 5.41) is 12.6. The molecule has 0 aliphatic heterocycles. The smallest absolute Gasteiger partial charge is 0.129 e. The molecule has 3 N–H and O–H groups in total. The second-order valence-corrected chi connectivity index (χ2v) is 4.90. The van der Waals surface area contributed by atoms with Crippen LogP contribution in [0.25, 0.3) is 0 Å². The summed E-state index contributed by atoms with van der Waals surface area (Å²) >= 11 is 0. The van der Waals surface area contributed by atoms with Gasteiger partial charge in [0.1, 0.15) is 12.1 Å². The van der Waals surface area contributed by atoms with Gasteiger partial charge < -0.3 is 15.4 Å². The van der Waals surface area contributed by atoms with Crippen molar-refractivity contribution in [1.82, 2.24) is 19.9 Å². The molecule has 2 aromatic rings. The molecule has 6 nitrogen and oxygen atoms in total. The highest BCUT2D eigenvalue weighted by Gasteiger charge is 2.29. The van der Waals surface area contributed by atoms with Crippen molar-refractivity contribution in [2.24, 2.45) is 0 Å². The van der Waals surface area contributed by atoms with Gasteiger partial charge in [-0.1, -0.05) is 0 Å². The third-order valence-corrected chi connectivity index (χ3v) is 3.48. The number of hydrogen-bond acceptors (Lipinski definition) is 5. The summed E-state index contributed by atoms with van der Waals surface area (Å²) in [5.74, 6) is 1.22. The molecule has 1 aliphatic rings. The molecule has 1 aliphatic carbocycles. The largest absolute Gasteiger partial charge is 0.393 e. The number of H-pyrrole nitrogens is 1. The monoisotopic (exact) mass is 259 g/mol. The lowest BCUT2D eigenvalue weighted by Gasteiger charge is -2.30. The van der Waals surface area contributed by atoms with Crippen LogP contribution in [-0.2, 0) is 6.42 Å². The third kappa shape index (κ3) is 2.90. The van der Waals surface area contributed by atoms with E-state index in [2.05, 4.69) is 25.3 Å². The van der Waals surface area contributed by atoms with Crippen molar-refractivity contribution in [1.29, 1.82) is 0 Å². The van der Waals surface area contributed by atoms with Gasteiger partial charge in [-0.25, -0.2) is 15.0 Å². The summed E-state index contributed by atoms with van der Waals surface area (Å²) in [4.78, 5) is 15.5. The van der Waals surface area contributed by atoms with Crippen LogP contribution in [0.3, 0.4) is 0 Å². The maximum atomic E-state index is 9.33. The quantitative estimate of drug-likeness (QED) is 0.748. The zero-order valence-corrected chi connectivity index (χ0v) is 10.6. The molecule has 1 fully saturated rings. The number of nitrogens with one attached hydrogen (secondary N) is 2. The van der Waals surface area contributed by atoms with Crippen LogP contribution >= 0.6 is 0 Å². The molecule has 19 heavy (non-hydrogen) atoms. The van der Waals surface area contributed by atoms with Crippen LogP contribution < -0.4 is 5.32 Å². The predicted octanol–water partition coefficient (Wildman–Crippen LogP) is 1.09. The Morgan fingerprint density at radius 2 is 2.26 bits per heavy atom. The summed E-state index contributed by atoms with van der Waals surface area (Å²) < 4.78 is 0. The number of aliphatic hydroxyl groups excluding tert-OH is 1. The predicted molar refractivity (Wildman–Crippen MR) is 70.8 cm³/mol. The Morgan fingerprint density at radius 3 is 3.00 bits per heavy atom. The van der Waals surface area contributed by atoms with E-state index >= 15 is 0 Å². The van der Waals surface area contributed by atoms with Crippen LogP contribution in [0.2, 0.25) is 0 Å². The average Bonchev–Trinajstić information content (AvgIpc) is 2.89. The highest BCUT2D eigenvalue weighted by molar-refractivity contribution is 5.36. The normalized spacial score (nSPS) is 21.9. The van der Waals surface area contributed by atoms with Gasteiger partial charge in [0.2, 0.25) is 0 Å². The van der Waals surface area contributed by atoms with Gasteiger partial charge >= 0.3 is 0 Å². The minimum Gasteiger partial charge on any atom is -0.393 e. The van der Waals surface area contributed by atoms with E-state index in [-0.39, 0.29) is 6.10 Å². The SMILES string of the molecule is OC1CC(c2cc(NCCc3cnc[nH]3)ncn2)C1. The molecule has 2 heterocycles. The Morgan fingerprint density at radius 1 is 1.37 bits per heavy atom. The Balaban J connectivity index is 1.54. The topological polar surface area (TPSA) is 86.7 Å². The number of aromatic amines is 1. The van der Waals surface area contributed by atoms with Gasteiger partial charge in [-0.2, -0.15) is 0 Å². The summed E-state index contributed by atoms with van der Waals surface area (Å²) in [6.45, 7) is 0.798. The first kappa shape index (κ1) is 12.1. The Bertz CT molecular complexity index is 522. The molecule has 0 bridgehead atoms. The van der Waals surface area contributed by atoms with E-state index in [1.807, 2.05) is 12.3 Å². The third-order valence-electron chi connectivity index (χ3n) is 3.48. The van der Waals surface area contributed by atoms with Crippen LogP contribution in [0.4, 0.5) is 5.82 Å². The number of rotatable bonds is 5. The molecule has 6 heteroatoms. The minimum atomic E-state index is -0.156. The molecule has 0 amide bonds. The first-order valence-electron chi connectivity index (χ1n) is 6.52. The van der Waals surface area contributed by atoms with Crippen molar-refractivity contribution in [3.05, 3.63) is 36.3 Å². The first-order chi connectivity index (χ1) is 9.31. The number of hydrogen-bond donors (Lipinski definition) is 3. The van der Waals surface area contributed by atoms with E-state index in [1.165, 1.54) is 0 Å². The van der Waals surface area contributed by atoms with E-state index in [9.17, 15) is 5.11 Å². The fourth-order valence-corrected chi connectivity index (χ4v) is 2.27. The molecule has 1 saturated carbocycles. The van der Waals surface area contributed by atoms with Crippen molar-refractivity contribution < 1.29 is 5.11 Å². The average molecular weight is 259 g/mol. The molecular formula is C13H17N5O. The van der Waals surface area contributed by atoms with Gasteiger partial charge in [-0.05, 0) is 12.8 Å². The maximum absolute atomic E-state index is 9.33. The number of aromatic nitrogens is 4. The van der Waals surface area contributed by atoms with Gasteiger partial charge in [0.15, 0.2) is 0 Å².